The van der Waals surface area contributed by atoms with Crippen LogP contribution in [0.1, 0.15) is 27.9 Å². The van der Waals surface area contributed by atoms with E-state index in [1.807, 2.05) is 89.6 Å². The van der Waals surface area contributed by atoms with Gasteiger partial charge in [-0.3, -0.25) is 14.5 Å². The van der Waals surface area contributed by atoms with Crippen LogP contribution >= 0.6 is 0 Å². The minimum Gasteiger partial charge on any atom is -0.497 e. The molecule has 182 valence electrons. The lowest BCUT2D eigenvalue weighted by atomic mass is 10.1. The maximum Gasteiger partial charge on any atom is 0.253 e. The van der Waals surface area contributed by atoms with Crippen LogP contribution in [0.2, 0.25) is 0 Å². The van der Waals surface area contributed by atoms with Crippen LogP contribution in [0.15, 0.2) is 84.9 Å². The largest absolute Gasteiger partial charge is 0.497 e. The standard InChI is InChI=1S/C29H28N4O3/c1-31(19-21-6-4-3-5-7-21)29(35)24-10-8-22(9-11-24)20-32-27-18-26(30-33(27)17-16-28(32)34)23-12-14-25(36-2)15-13-23/h3-15,18H,16-17,19-20H2,1-2H3. The Morgan fingerprint density at radius 2 is 1.69 bits per heavy atom. The quantitative estimate of drug-likeness (QED) is 0.382. The minimum atomic E-state index is -0.0401. The molecule has 3 aromatic carbocycles. The van der Waals surface area contributed by atoms with Crippen LogP contribution in [-0.2, 0) is 24.4 Å². The van der Waals surface area contributed by atoms with Gasteiger partial charge in [-0.1, -0.05) is 42.5 Å². The molecule has 0 spiro atoms. The Morgan fingerprint density at radius 1 is 0.972 bits per heavy atom. The molecule has 7 nitrogen and oxygen atoms in total. The molecular weight excluding hydrogens is 452 g/mol. The summed E-state index contributed by atoms with van der Waals surface area (Å²) in [6.07, 6.45) is 0.400. The normalized spacial score (nSPS) is 12.8. The molecule has 0 unspecified atom stereocenters. The number of benzene rings is 3. The van der Waals surface area contributed by atoms with Crippen molar-refractivity contribution in [2.24, 2.45) is 0 Å². The van der Waals surface area contributed by atoms with Gasteiger partial charge in [0.25, 0.3) is 5.91 Å². The van der Waals surface area contributed by atoms with Crippen molar-refractivity contribution in [3.8, 4) is 17.0 Å². The molecular formula is C29H28N4O3. The van der Waals surface area contributed by atoms with Gasteiger partial charge in [0.15, 0.2) is 0 Å². The third-order valence-electron chi connectivity index (χ3n) is 6.41. The topological polar surface area (TPSA) is 67.7 Å². The molecule has 0 radical (unpaired) electrons. The van der Waals surface area contributed by atoms with Crippen molar-refractivity contribution in [3.05, 3.63) is 102 Å². The number of fused-ring (bicyclic) bond motifs is 1. The molecule has 0 N–H and O–H groups in total. The summed E-state index contributed by atoms with van der Waals surface area (Å²) in [4.78, 5) is 29.2. The van der Waals surface area contributed by atoms with E-state index in [1.54, 1.807) is 24.0 Å². The zero-order valence-corrected chi connectivity index (χ0v) is 20.4. The number of rotatable bonds is 7. The monoisotopic (exact) mass is 480 g/mol. The van der Waals surface area contributed by atoms with E-state index in [9.17, 15) is 9.59 Å². The third-order valence-corrected chi connectivity index (χ3v) is 6.41. The predicted octanol–water partition coefficient (Wildman–Crippen LogP) is 4.77. The van der Waals surface area contributed by atoms with Gasteiger partial charge in [-0.2, -0.15) is 5.10 Å². The van der Waals surface area contributed by atoms with Crippen molar-refractivity contribution < 1.29 is 14.3 Å². The van der Waals surface area contributed by atoms with Crippen LogP contribution in [0.5, 0.6) is 5.75 Å². The van der Waals surface area contributed by atoms with E-state index < -0.39 is 0 Å². The molecule has 0 atom stereocenters. The maximum atomic E-state index is 12.9. The number of carbonyl (C=O) groups excluding carboxylic acids is 2. The number of aryl methyl sites for hydroxylation is 1. The zero-order chi connectivity index (χ0) is 25.1. The fraction of sp³-hybridized carbons (Fsp3) is 0.207. The van der Waals surface area contributed by atoms with Gasteiger partial charge < -0.3 is 9.64 Å². The molecule has 1 aliphatic rings. The van der Waals surface area contributed by atoms with Crippen LogP contribution in [0.25, 0.3) is 11.3 Å². The molecule has 0 fully saturated rings. The second-order valence-electron chi connectivity index (χ2n) is 8.91. The molecule has 0 saturated heterocycles. The van der Waals surface area contributed by atoms with Gasteiger partial charge in [0, 0.05) is 37.2 Å². The van der Waals surface area contributed by atoms with E-state index in [0.717, 1.165) is 34.0 Å². The second kappa shape index (κ2) is 10.1. The van der Waals surface area contributed by atoms with Gasteiger partial charge in [-0.25, -0.2) is 4.68 Å². The van der Waals surface area contributed by atoms with Crippen molar-refractivity contribution in [2.75, 3.05) is 19.1 Å². The lowest BCUT2D eigenvalue weighted by molar-refractivity contribution is -0.119. The highest BCUT2D eigenvalue weighted by atomic mass is 16.5. The summed E-state index contributed by atoms with van der Waals surface area (Å²) < 4.78 is 7.13. The Kier molecular flexibility index (Phi) is 6.54. The highest BCUT2D eigenvalue weighted by molar-refractivity contribution is 5.95. The third kappa shape index (κ3) is 4.86. The second-order valence-corrected chi connectivity index (χ2v) is 8.91. The van der Waals surface area contributed by atoms with Crippen LogP contribution < -0.4 is 9.64 Å². The number of hydrogen-bond donors (Lipinski definition) is 0. The number of carbonyl (C=O) groups is 2. The van der Waals surface area contributed by atoms with Gasteiger partial charge in [-0.05, 0) is 47.5 Å². The fourth-order valence-electron chi connectivity index (χ4n) is 4.41. The summed E-state index contributed by atoms with van der Waals surface area (Å²) in [7, 11) is 3.44. The van der Waals surface area contributed by atoms with Crippen molar-refractivity contribution in [3.63, 3.8) is 0 Å². The molecule has 36 heavy (non-hydrogen) atoms. The number of aromatic nitrogens is 2. The van der Waals surface area contributed by atoms with E-state index in [2.05, 4.69) is 0 Å². The number of ether oxygens (including phenoxy) is 1. The van der Waals surface area contributed by atoms with Gasteiger partial charge in [-0.15, -0.1) is 0 Å². The lowest BCUT2D eigenvalue weighted by Crippen LogP contribution is -2.36. The Labute approximate surface area is 210 Å². The van der Waals surface area contributed by atoms with Crippen molar-refractivity contribution in [1.29, 1.82) is 0 Å². The van der Waals surface area contributed by atoms with Gasteiger partial charge in [0.2, 0.25) is 5.91 Å². The molecule has 7 heteroatoms. The molecule has 2 amide bonds. The minimum absolute atomic E-state index is 0.0401. The summed E-state index contributed by atoms with van der Waals surface area (Å²) in [5.74, 6) is 1.58. The SMILES string of the molecule is COc1ccc(-c2cc3n(n2)CCC(=O)N3Cc2ccc(C(=O)N(C)Cc3ccccc3)cc2)cc1. The highest BCUT2D eigenvalue weighted by Gasteiger charge is 2.26. The summed E-state index contributed by atoms with van der Waals surface area (Å²) in [6, 6.07) is 27.1. The summed E-state index contributed by atoms with van der Waals surface area (Å²) in [5, 5.41) is 4.73. The maximum absolute atomic E-state index is 12.9. The molecule has 2 heterocycles. The number of methoxy groups -OCH3 is 1. The molecule has 0 saturated carbocycles. The van der Waals surface area contributed by atoms with Gasteiger partial charge >= 0.3 is 0 Å². The molecule has 0 bridgehead atoms. The van der Waals surface area contributed by atoms with Crippen molar-refractivity contribution >= 4 is 17.6 Å². The average Bonchev–Trinajstić information content (AvgIpc) is 3.35. The summed E-state index contributed by atoms with van der Waals surface area (Å²) >= 11 is 0. The Bertz CT molecular complexity index is 1360. The van der Waals surface area contributed by atoms with Crippen LogP contribution in [0.3, 0.4) is 0 Å². The number of anilines is 1. The van der Waals surface area contributed by atoms with E-state index in [1.165, 1.54) is 0 Å². The fourth-order valence-corrected chi connectivity index (χ4v) is 4.41. The Hall–Kier alpha value is -4.39. The number of amides is 2. The summed E-state index contributed by atoms with van der Waals surface area (Å²) in [6.45, 7) is 1.52. The van der Waals surface area contributed by atoms with Gasteiger partial charge in [0.1, 0.15) is 11.6 Å². The zero-order valence-electron chi connectivity index (χ0n) is 20.4. The molecule has 4 aromatic rings. The summed E-state index contributed by atoms with van der Waals surface area (Å²) in [5.41, 5.74) is 4.43. The Morgan fingerprint density at radius 3 is 2.39 bits per heavy atom. The molecule has 1 aromatic heterocycles. The van der Waals surface area contributed by atoms with E-state index in [4.69, 9.17) is 9.84 Å². The highest BCUT2D eigenvalue weighted by Crippen LogP contribution is 2.30. The van der Waals surface area contributed by atoms with Crippen molar-refractivity contribution in [1.82, 2.24) is 14.7 Å². The first-order valence-corrected chi connectivity index (χ1v) is 11.9. The number of hydrogen-bond acceptors (Lipinski definition) is 4. The first-order chi connectivity index (χ1) is 17.5. The molecule has 1 aliphatic heterocycles. The first-order valence-electron chi connectivity index (χ1n) is 11.9. The van der Waals surface area contributed by atoms with Gasteiger partial charge in [0.05, 0.1) is 25.9 Å². The van der Waals surface area contributed by atoms with Crippen LogP contribution in [0.4, 0.5) is 5.82 Å². The van der Waals surface area contributed by atoms with E-state index in [-0.39, 0.29) is 11.8 Å². The lowest BCUT2D eigenvalue weighted by Gasteiger charge is -2.27. The van der Waals surface area contributed by atoms with E-state index >= 15 is 0 Å². The number of nitrogens with zero attached hydrogens (tertiary/aromatic N) is 4. The average molecular weight is 481 g/mol. The van der Waals surface area contributed by atoms with Crippen LogP contribution in [0, 0.1) is 0 Å². The smallest absolute Gasteiger partial charge is 0.253 e. The molecule has 0 aliphatic carbocycles. The Balaban J connectivity index is 1.30. The molecule has 5 rings (SSSR count). The van der Waals surface area contributed by atoms with Crippen molar-refractivity contribution in [2.45, 2.75) is 26.1 Å². The first kappa shape index (κ1) is 23.4. The van der Waals surface area contributed by atoms with E-state index in [0.29, 0.717) is 31.6 Å². The van der Waals surface area contributed by atoms with Crippen LogP contribution in [-0.4, -0.2) is 40.7 Å². The predicted molar refractivity (Wildman–Crippen MR) is 139 cm³/mol.